The second-order valence-electron chi connectivity index (χ2n) is 2.63. The fourth-order valence-corrected chi connectivity index (χ4v) is 1.64. The summed E-state index contributed by atoms with van der Waals surface area (Å²) in [5, 5.41) is 2.22. The molecule has 2 amide bonds. The molecule has 1 fully saturated rings. The monoisotopic (exact) mass is 179 g/mol. The Labute approximate surface area is 74.1 Å². The molecule has 12 heavy (non-hydrogen) atoms. The predicted molar refractivity (Wildman–Crippen MR) is 46.5 cm³/mol. The highest BCUT2D eigenvalue weighted by molar-refractivity contribution is 7.80. The zero-order chi connectivity index (χ0) is 8.72. The molecule has 1 aliphatic carbocycles. The molecule has 60 valence electrons. The van der Waals surface area contributed by atoms with Crippen molar-refractivity contribution in [3.8, 4) is 0 Å². The summed E-state index contributed by atoms with van der Waals surface area (Å²) in [4.78, 5) is 22.7. The minimum atomic E-state index is -0.516. The van der Waals surface area contributed by atoms with Crippen molar-refractivity contribution in [2.24, 2.45) is 5.92 Å². The molecule has 1 unspecified atom stereocenters. The van der Waals surface area contributed by atoms with Crippen LogP contribution in [0.3, 0.4) is 0 Å². The van der Waals surface area contributed by atoms with E-state index in [1.165, 1.54) is 0 Å². The summed E-state index contributed by atoms with van der Waals surface area (Å²) >= 11 is 4.93. The quantitative estimate of drug-likeness (QED) is 0.424. The van der Waals surface area contributed by atoms with Crippen molar-refractivity contribution < 1.29 is 9.59 Å². The lowest BCUT2D eigenvalue weighted by molar-refractivity contribution is -0.124. The van der Waals surface area contributed by atoms with Crippen molar-refractivity contribution in [2.75, 3.05) is 0 Å². The van der Waals surface area contributed by atoms with Crippen LogP contribution in [0.5, 0.6) is 0 Å². The molecule has 2 rings (SSSR count). The van der Waals surface area contributed by atoms with Gasteiger partial charge in [-0.05, 0) is 6.08 Å². The van der Waals surface area contributed by atoms with Crippen LogP contribution in [-0.2, 0) is 9.59 Å². The lowest BCUT2D eigenvalue weighted by atomic mass is 9.94. The summed E-state index contributed by atoms with van der Waals surface area (Å²) in [6, 6.07) is 0. The van der Waals surface area contributed by atoms with Crippen molar-refractivity contribution in [1.29, 1.82) is 0 Å². The third-order valence-corrected chi connectivity index (χ3v) is 2.26. The van der Waals surface area contributed by atoms with Gasteiger partial charge in [0.2, 0.25) is 5.91 Å². The standard InChI is InChI=1S/C8H5NO2S/c10-7-4-2-1-3-5(12)6(4)8(11)9-7/h1-3,6H,(H,9,10,11). The van der Waals surface area contributed by atoms with Gasteiger partial charge in [-0.25, -0.2) is 0 Å². The normalized spacial score (nSPS) is 26.8. The highest BCUT2D eigenvalue weighted by atomic mass is 32.1. The first-order chi connectivity index (χ1) is 5.70. The van der Waals surface area contributed by atoms with Crippen LogP contribution in [0, 0.1) is 5.92 Å². The molecule has 0 aromatic rings. The Bertz CT molecular complexity index is 352. The predicted octanol–water partition coefficient (Wildman–Crippen LogP) is 0.125. The van der Waals surface area contributed by atoms with E-state index in [0.29, 0.717) is 10.4 Å². The van der Waals surface area contributed by atoms with Gasteiger partial charge in [0.25, 0.3) is 5.91 Å². The molecule has 4 heteroatoms. The largest absolute Gasteiger partial charge is 0.292 e. The van der Waals surface area contributed by atoms with Crippen molar-refractivity contribution >= 4 is 28.9 Å². The fraction of sp³-hybridized carbons (Fsp3) is 0.125. The molecule has 2 aliphatic rings. The van der Waals surface area contributed by atoms with E-state index in [1.54, 1.807) is 18.2 Å². The Balaban J connectivity index is 2.51. The maximum Gasteiger partial charge on any atom is 0.254 e. The maximum atomic E-state index is 11.1. The zero-order valence-electron chi connectivity index (χ0n) is 6.03. The van der Waals surface area contributed by atoms with Crippen LogP contribution >= 0.6 is 12.2 Å². The first-order valence-electron chi connectivity index (χ1n) is 3.47. The molecule has 0 aromatic heterocycles. The number of imide groups is 1. The van der Waals surface area contributed by atoms with Gasteiger partial charge in [-0.3, -0.25) is 14.9 Å². The number of carbonyl (C=O) groups is 2. The van der Waals surface area contributed by atoms with Crippen molar-refractivity contribution in [1.82, 2.24) is 5.32 Å². The summed E-state index contributed by atoms with van der Waals surface area (Å²) in [5.41, 5.74) is 0.465. The van der Waals surface area contributed by atoms with E-state index in [9.17, 15) is 9.59 Å². The van der Waals surface area contributed by atoms with Crippen LogP contribution in [0.25, 0.3) is 0 Å². The molecular weight excluding hydrogens is 174 g/mol. The number of hydrogen-bond donors (Lipinski definition) is 1. The average molecular weight is 179 g/mol. The first kappa shape index (κ1) is 7.36. The smallest absolute Gasteiger partial charge is 0.254 e. The molecule has 0 bridgehead atoms. The van der Waals surface area contributed by atoms with Gasteiger partial charge in [0, 0.05) is 10.4 Å². The van der Waals surface area contributed by atoms with Gasteiger partial charge in [-0.1, -0.05) is 24.4 Å². The molecule has 0 saturated carbocycles. The van der Waals surface area contributed by atoms with Crippen LogP contribution in [-0.4, -0.2) is 16.7 Å². The lowest BCUT2D eigenvalue weighted by Gasteiger charge is -2.08. The van der Waals surface area contributed by atoms with Crippen LogP contribution in [0.4, 0.5) is 0 Å². The summed E-state index contributed by atoms with van der Waals surface area (Å²) in [5.74, 6) is -1.14. The summed E-state index contributed by atoms with van der Waals surface area (Å²) in [6.45, 7) is 0. The molecule has 1 N–H and O–H groups in total. The molecule has 1 aliphatic heterocycles. The number of carbonyl (C=O) groups excluding carboxylic acids is 2. The first-order valence-corrected chi connectivity index (χ1v) is 3.88. The van der Waals surface area contributed by atoms with E-state index in [-0.39, 0.29) is 11.8 Å². The lowest BCUT2D eigenvalue weighted by Crippen LogP contribution is -2.25. The number of fused-ring (bicyclic) bond motifs is 1. The summed E-state index contributed by atoms with van der Waals surface area (Å²) in [7, 11) is 0. The fourth-order valence-electron chi connectivity index (χ4n) is 1.33. The van der Waals surface area contributed by atoms with Gasteiger partial charge < -0.3 is 0 Å². The number of hydrogen-bond acceptors (Lipinski definition) is 3. The molecule has 0 spiro atoms. The molecule has 1 saturated heterocycles. The van der Waals surface area contributed by atoms with Crippen LogP contribution in [0.1, 0.15) is 0 Å². The van der Waals surface area contributed by atoms with Gasteiger partial charge >= 0.3 is 0 Å². The maximum absolute atomic E-state index is 11.1. The van der Waals surface area contributed by atoms with Gasteiger partial charge in [0.1, 0.15) is 5.92 Å². The summed E-state index contributed by atoms with van der Waals surface area (Å²) in [6.07, 6.45) is 4.98. The minimum absolute atomic E-state index is 0.305. The Morgan fingerprint density at radius 1 is 1.42 bits per heavy atom. The molecular formula is C8H5NO2S. The Kier molecular flexibility index (Phi) is 1.44. The van der Waals surface area contributed by atoms with E-state index >= 15 is 0 Å². The molecule has 3 nitrogen and oxygen atoms in total. The van der Waals surface area contributed by atoms with Gasteiger partial charge in [0.15, 0.2) is 0 Å². The van der Waals surface area contributed by atoms with E-state index in [4.69, 9.17) is 12.2 Å². The Morgan fingerprint density at radius 2 is 2.17 bits per heavy atom. The third kappa shape index (κ3) is 0.848. The highest BCUT2D eigenvalue weighted by Crippen LogP contribution is 2.23. The number of allylic oxidation sites excluding steroid dienone is 3. The number of rotatable bonds is 0. The second kappa shape index (κ2) is 2.35. The van der Waals surface area contributed by atoms with Gasteiger partial charge in [-0.2, -0.15) is 0 Å². The van der Waals surface area contributed by atoms with Gasteiger partial charge in [0.05, 0.1) is 0 Å². The Morgan fingerprint density at radius 3 is 2.83 bits per heavy atom. The molecule has 0 aromatic carbocycles. The van der Waals surface area contributed by atoms with E-state index in [0.717, 1.165) is 0 Å². The van der Waals surface area contributed by atoms with Crippen molar-refractivity contribution in [2.45, 2.75) is 0 Å². The topological polar surface area (TPSA) is 46.2 Å². The minimum Gasteiger partial charge on any atom is -0.292 e. The van der Waals surface area contributed by atoms with Crippen LogP contribution in [0.15, 0.2) is 23.8 Å². The Hall–Kier alpha value is -1.29. The molecule has 0 radical (unpaired) electrons. The number of nitrogens with one attached hydrogen (secondary N) is 1. The number of amides is 2. The van der Waals surface area contributed by atoms with E-state index < -0.39 is 5.92 Å². The van der Waals surface area contributed by atoms with E-state index in [2.05, 4.69) is 5.32 Å². The number of thiocarbonyl (C=S) groups is 1. The van der Waals surface area contributed by atoms with E-state index in [1.807, 2.05) is 0 Å². The third-order valence-electron chi connectivity index (χ3n) is 1.89. The van der Waals surface area contributed by atoms with Crippen LogP contribution < -0.4 is 5.32 Å². The second-order valence-corrected chi connectivity index (χ2v) is 3.11. The van der Waals surface area contributed by atoms with Crippen molar-refractivity contribution in [3.05, 3.63) is 23.8 Å². The molecule has 1 heterocycles. The van der Waals surface area contributed by atoms with Gasteiger partial charge in [-0.15, -0.1) is 0 Å². The SMILES string of the molecule is O=C1NC(=O)C2C(=S)C=CC=C12. The summed E-state index contributed by atoms with van der Waals surface area (Å²) < 4.78 is 0. The average Bonchev–Trinajstić information content (AvgIpc) is 2.29. The van der Waals surface area contributed by atoms with Crippen LogP contribution in [0.2, 0.25) is 0 Å². The van der Waals surface area contributed by atoms with Crippen molar-refractivity contribution in [3.63, 3.8) is 0 Å². The zero-order valence-corrected chi connectivity index (χ0v) is 6.85. The molecule has 1 atom stereocenters. The highest BCUT2D eigenvalue weighted by Gasteiger charge is 2.38.